The molecule has 1 aromatic rings. The minimum Gasteiger partial charge on any atom is -0.494 e. The van der Waals surface area contributed by atoms with Gasteiger partial charge in [0, 0.05) is 32.1 Å². The number of hydrogen-bond acceptors (Lipinski definition) is 3. The van der Waals surface area contributed by atoms with E-state index in [1.165, 1.54) is 31.4 Å². The zero-order valence-corrected chi connectivity index (χ0v) is 13.9. The number of ether oxygens (including phenoxy) is 2. The van der Waals surface area contributed by atoms with Crippen LogP contribution in [-0.4, -0.2) is 43.2 Å². The molecule has 2 aliphatic rings. The lowest BCUT2D eigenvalue weighted by molar-refractivity contribution is -0.0676. The number of benzene rings is 1. The summed E-state index contributed by atoms with van der Waals surface area (Å²) < 4.78 is 11.5. The van der Waals surface area contributed by atoms with Crippen molar-refractivity contribution in [3.8, 4) is 5.75 Å². The summed E-state index contributed by atoms with van der Waals surface area (Å²) in [4.78, 5) is 2.57. The van der Waals surface area contributed by atoms with Crippen molar-refractivity contribution < 1.29 is 9.47 Å². The Bertz CT molecular complexity index is 451. The van der Waals surface area contributed by atoms with Crippen molar-refractivity contribution >= 4 is 11.6 Å². The normalized spacial score (nSPS) is 25.7. The van der Waals surface area contributed by atoms with Crippen LogP contribution in [0.5, 0.6) is 5.75 Å². The van der Waals surface area contributed by atoms with Crippen molar-refractivity contribution in [1.29, 1.82) is 0 Å². The van der Waals surface area contributed by atoms with Crippen LogP contribution in [0.1, 0.15) is 31.2 Å². The molecular formula is C18H26ClNO2. The SMILES string of the molecule is ClCCCOc1ccc(CN2CCC3OCCCC3C2)cc1. The molecule has 0 spiro atoms. The third-order valence-corrected chi connectivity index (χ3v) is 4.94. The topological polar surface area (TPSA) is 21.7 Å². The molecule has 0 aliphatic carbocycles. The molecule has 3 nitrogen and oxygen atoms in total. The predicted octanol–water partition coefficient (Wildman–Crippen LogP) is 3.70. The van der Waals surface area contributed by atoms with Gasteiger partial charge in [0.05, 0.1) is 12.7 Å². The van der Waals surface area contributed by atoms with Gasteiger partial charge in [0.15, 0.2) is 0 Å². The number of fused-ring (bicyclic) bond motifs is 1. The molecule has 0 bridgehead atoms. The van der Waals surface area contributed by atoms with Crippen LogP contribution in [-0.2, 0) is 11.3 Å². The maximum absolute atomic E-state index is 5.89. The van der Waals surface area contributed by atoms with Gasteiger partial charge in [0.1, 0.15) is 5.75 Å². The fourth-order valence-electron chi connectivity index (χ4n) is 3.50. The van der Waals surface area contributed by atoms with Crippen LogP contribution in [0.15, 0.2) is 24.3 Å². The van der Waals surface area contributed by atoms with Crippen LogP contribution in [0.3, 0.4) is 0 Å². The Kier molecular flexibility index (Phi) is 5.99. The number of alkyl halides is 1. The predicted molar refractivity (Wildman–Crippen MR) is 89.6 cm³/mol. The van der Waals surface area contributed by atoms with E-state index in [0.717, 1.165) is 37.8 Å². The third-order valence-electron chi connectivity index (χ3n) is 4.68. The Morgan fingerprint density at radius 1 is 1.23 bits per heavy atom. The van der Waals surface area contributed by atoms with E-state index in [1.807, 2.05) is 0 Å². The number of hydrogen-bond donors (Lipinski definition) is 0. The van der Waals surface area contributed by atoms with Gasteiger partial charge in [0.25, 0.3) is 0 Å². The average molecular weight is 324 g/mol. The van der Waals surface area contributed by atoms with Crippen LogP contribution in [0, 0.1) is 5.92 Å². The molecule has 0 radical (unpaired) electrons. The summed E-state index contributed by atoms with van der Waals surface area (Å²) in [6.45, 7) is 5.02. The molecule has 122 valence electrons. The monoisotopic (exact) mass is 323 g/mol. The molecular weight excluding hydrogens is 298 g/mol. The molecule has 0 saturated carbocycles. The first-order chi connectivity index (χ1) is 10.8. The van der Waals surface area contributed by atoms with E-state index in [9.17, 15) is 0 Å². The van der Waals surface area contributed by atoms with Crippen LogP contribution in [0.2, 0.25) is 0 Å². The number of likely N-dealkylation sites (tertiary alicyclic amines) is 1. The molecule has 0 N–H and O–H groups in total. The Morgan fingerprint density at radius 2 is 2.09 bits per heavy atom. The molecule has 0 aromatic heterocycles. The van der Waals surface area contributed by atoms with Gasteiger partial charge in [-0.15, -0.1) is 11.6 Å². The first kappa shape index (κ1) is 16.1. The lowest BCUT2D eigenvalue weighted by Gasteiger charge is -2.41. The van der Waals surface area contributed by atoms with Gasteiger partial charge >= 0.3 is 0 Å². The molecule has 2 aliphatic heterocycles. The van der Waals surface area contributed by atoms with E-state index in [4.69, 9.17) is 21.1 Å². The molecule has 0 amide bonds. The molecule has 22 heavy (non-hydrogen) atoms. The summed E-state index contributed by atoms with van der Waals surface area (Å²) in [5.74, 6) is 2.33. The van der Waals surface area contributed by atoms with Crippen molar-refractivity contribution in [2.75, 3.05) is 32.2 Å². The highest BCUT2D eigenvalue weighted by Crippen LogP contribution is 2.29. The lowest BCUT2D eigenvalue weighted by atomic mass is 9.88. The van der Waals surface area contributed by atoms with Crippen LogP contribution in [0.25, 0.3) is 0 Å². The first-order valence-electron chi connectivity index (χ1n) is 8.47. The summed E-state index contributed by atoms with van der Waals surface area (Å²) in [5.41, 5.74) is 1.36. The van der Waals surface area contributed by atoms with Crippen molar-refractivity contribution in [2.24, 2.45) is 5.92 Å². The molecule has 4 heteroatoms. The molecule has 2 fully saturated rings. The third kappa shape index (κ3) is 4.37. The highest BCUT2D eigenvalue weighted by Gasteiger charge is 2.31. The standard InChI is InChI=1S/C18H26ClNO2/c19-9-2-12-21-17-6-4-15(5-7-17)13-20-10-8-18-16(14-20)3-1-11-22-18/h4-7,16,18H,1-3,8-14H2. The Labute approximate surface area is 138 Å². The van der Waals surface area contributed by atoms with E-state index in [0.29, 0.717) is 18.6 Å². The fourth-order valence-corrected chi connectivity index (χ4v) is 3.61. The molecule has 2 atom stereocenters. The minimum absolute atomic E-state index is 0.516. The largest absolute Gasteiger partial charge is 0.494 e. The maximum Gasteiger partial charge on any atom is 0.119 e. The second-order valence-electron chi connectivity index (χ2n) is 6.37. The van der Waals surface area contributed by atoms with Gasteiger partial charge in [0.2, 0.25) is 0 Å². The van der Waals surface area contributed by atoms with Gasteiger partial charge in [-0.05, 0) is 49.3 Å². The first-order valence-corrected chi connectivity index (χ1v) is 9.00. The summed E-state index contributed by atoms with van der Waals surface area (Å²) in [5, 5.41) is 0. The van der Waals surface area contributed by atoms with E-state index >= 15 is 0 Å². The van der Waals surface area contributed by atoms with Crippen LogP contribution >= 0.6 is 11.6 Å². The summed E-state index contributed by atoms with van der Waals surface area (Å²) in [6.07, 6.45) is 5.15. The van der Waals surface area contributed by atoms with E-state index < -0.39 is 0 Å². The van der Waals surface area contributed by atoms with Gasteiger partial charge < -0.3 is 9.47 Å². The quantitative estimate of drug-likeness (QED) is 0.588. The summed E-state index contributed by atoms with van der Waals surface area (Å²) >= 11 is 5.66. The second-order valence-corrected chi connectivity index (χ2v) is 6.75. The van der Waals surface area contributed by atoms with Crippen LogP contribution in [0.4, 0.5) is 0 Å². The van der Waals surface area contributed by atoms with Crippen LogP contribution < -0.4 is 4.74 Å². The summed E-state index contributed by atoms with van der Waals surface area (Å²) in [6, 6.07) is 8.50. The smallest absolute Gasteiger partial charge is 0.119 e. The van der Waals surface area contributed by atoms with Crippen molar-refractivity contribution in [3.05, 3.63) is 29.8 Å². The second kappa shape index (κ2) is 8.19. The van der Waals surface area contributed by atoms with Gasteiger partial charge in [-0.3, -0.25) is 4.90 Å². The van der Waals surface area contributed by atoms with E-state index in [-0.39, 0.29) is 0 Å². The van der Waals surface area contributed by atoms with Gasteiger partial charge in [-0.2, -0.15) is 0 Å². The van der Waals surface area contributed by atoms with Gasteiger partial charge in [-0.25, -0.2) is 0 Å². The fraction of sp³-hybridized carbons (Fsp3) is 0.667. The Hall–Kier alpha value is -0.770. The molecule has 2 unspecified atom stereocenters. The molecule has 2 heterocycles. The van der Waals surface area contributed by atoms with Crippen molar-refractivity contribution in [1.82, 2.24) is 4.90 Å². The number of nitrogens with zero attached hydrogens (tertiary/aromatic N) is 1. The minimum atomic E-state index is 0.516. The average Bonchev–Trinajstić information content (AvgIpc) is 2.57. The lowest BCUT2D eigenvalue weighted by Crippen LogP contribution is -2.45. The Morgan fingerprint density at radius 3 is 2.91 bits per heavy atom. The Balaban J connectivity index is 1.48. The highest BCUT2D eigenvalue weighted by atomic mass is 35.5. The van der Waals surface area contributed by atoms with Crippen molar-refractivity contribution in [2.45, 2.75) is 38.3 Å². The van der Waals surface area contributed by atoms with E-state index in [1.54, 1.807) is 0 Å². The number of rotatable bonds is 6. The number of halogens is 1. The zero-order chi connectivity index (χ0) is 15.2. The summed E-state index contributed by atoms with van der Waals surface area (Å²) in [7, 11) is 0. The molecule has 3 rings (SSSR count). The highest BCUT2D eigenvalue weighted by molar-refractivity contribution is 6.17. The van der Waals surface area contributed by atoms with Gasteiger partial charge in [-0.1, -0.05) is 12.1 Å². The number of piperidine rings is 1. The molecule has 1 aromatic carbocycles. The van der Waals surface area contributed by atoms with E-state index in [2.05, 4.69) is 29.2 Å². The zero-order valence-electron chi connectivity index (χ0n) is 13.2. The van der Waals surface area contributed by atoms with Crippen molar-refractivity contribution in [3.63, 3.8) is 0 Å². The molecule has 2 saturated heterocycles. The maximum atomic E-state index is 5.89.